The first-order valence-corrected chi connectivity index (χ1v) is 6.96. The van der Waals surface area contributed by atoms with Gasteiger partial charge in [-0.2, -0.15) is 13.2 Å². The molecule has 0 aliphatic carbocycles. The Hall–Kier alpha value is -1.91. The number of carbonyl (C=O) groups is 1. The molecule has 2 atom stereocenters. The van der Waals surface area contributed by atoms with E-state index in [4.69, 9.17) is 9.84 Å². The van der Waals surface area contributed by atoms with Crippen LogP contribution in [0, 0.1) is 5.82 Å². The van der Waals surface area contributed by atoms with E-state index in [1.807, 2.05) is 0 Å². The molecule has 126 valence electrons. The summed E-state index contributed by atoms with van der Waals surface area (Å²) in [6.45, 7) is 1.18. The van der Waals surface area contributed by atoms with Crippen molar-refractivity contribution in [2.75, 3.05) is 0 Å². The fraction of sp³-hybridized carbons (Fsp3) is 0.417. The Morgan fingerprint density at radius 1 is 1.52 bits per heavy atom. The smallest absolute Gasteiger partial charge is 0.412 e. The van der Waals surface area contributed by atoms with Gasteiger partial charge < -0.3 is 9.84 Å². The summed E-state index contributed by atoms with van der Waals surface area (Å²) in [7, 11) is 0. The van der Waals surface area contributed by atoms with Crippen LogP contribution in [-0.4, -0.2) is 34.4 Å². The molecule has 2 N–H and O–H groups in total. The largest absolute Gasteiger partial charge is 0.465 e. The lowest BCUT2D eigenvalue weighted by Crippen LogP contribution is -2.48. The molecule has 11 heteroatoms. The molecular weight excluding hydrogens is 390 g/mol. The van der Waals surface area contributed by atoms with Crippen molar-refractivity contribution >= 4 is 28.0 Å². The number of carboxylic acid groups (broad SMARTS) is 1. The Kier molecular flexibility index (Phi) is 4.51. The van der Waals surface area contributed by atoms with E-state index in [-0.39, 0.29) is 10.3 Å². The topological polar surface area (TPSA) is 83.8 Å². The molecule has 23 heavy (non-hydrogen) atoms. The number of aliphatic imine (C=N–C) groups is 1. The van der Waals surface area contributed by atoms with E-state index in [0.717, 1.165) is 6.07 Å². The Balaban J connectivity index is 2.48. The fourth-order valence-electron chi connectivity index (χ4n) is 2.11. The second kappa shape index (κ2) is 5.95. The molecule has 6 nitrogen and oxygen atoms in total. The standard InChI is InChI=1S/C12H10BrF4N3O3/c1-11(8-5(14)2-3-7(13)19-8)4-6(12(15,16)17)18-9(23-11)20-10(21)22/h2-3,6H,4H2,1H3,(H,18,20)(H,21,22)/t6-,11-/m0/s1. The molecule has 0 aromatic carbocycles. The summed E-state index contributed by atoms with van der Waals surface area (Å²) in [6, 6.07) is -0.839. The lowest BCUT2D eigenvalue weighted by Gasteiger charge is -2.37. The van der Waals surface area contributed by atoms with Crippen molar-refractivity contribution in [3.05, 3.63) is 28.2 Å². The number of nitrogens with one attached hydrogen (secondary N) is 1. The lowest BCUT2D eigenvalue weighted by molar-refractivity contribution is -0.164. The SMILES string of the molecule is C[C@@]1(c2nc(Br)ccc2F)C[C@@H](C(F)(F)F)N=C(NC(=O)O)O1. The minimum atomic E-state index is -4.75. The number of hydrogen-bond donors (Lipinski definition) is 2. The van der Waals surface area contributed by atoms with Gasteiger partial charge in [-0.1, -0.05) is 0 Å². The van der Waals surface area contributed by atoms with Gasteiger partial charge in [0.2, 0.25) is 0 Å². The minimum Gasteiger partial charge on any atom is -0.465 e. The average Bonchev–Trinajstić information content (AvgIpc) is 2.39. The highest BCUT2D eigenvalue weighted by atomic mass is 79.9. The number of halogens is 5. The summed E-state index contributed by atoms with van der Waals surface area (Å²) >= 11 is 3.00. The number of aromatic nitrogens is 1. The molecule has 0 saturated carbocycles. The van der Waals surface area contributed by atoms with Crippen LogP contribution in [0.3, 0.4) is 0 Å². The number of amides is 1. The van der Waals surface area contributed by atoms with Gasteiger partial charge in [-0.3, -0.25) is 0 Å². The normalized spacial score (nSPS) is 24.6. The van der Waals surface area contributed by atoms with Crippen LogP contribution in [0.25, 0.3) is 0 Å². The molecule has 0 bridgehead atoms. The molecule has 0 radical (unpaired) electrons. The molecule has 0 saturated heterocycles. The molecule has 2 heterocycles. The van der Waals surface area contributed by atoms with Crippen molar-refractivity contribution in [3.8, 4) is 0 Å². The van der Waals surface area contributed by atoms with Crippen LogP contribution in [0.1, 0.15) is 19.0 Å². The predicted molar refractivity (Wildman–Crippen MR) is 73.4 cm³/mol. The first kappa shape index (κ1) is 17.4. The number of ether oxygens (including phenoxy) is 1. The third-order valence-electron chi connectivity index (χ3n) is 3.08. The van der Waals surface area contributed by atoms with Gasteiger partial charge in [0.1, 0.15) is 16.1 Å². The third kappa shape index (κ3) is 3.89. The molecule has 1 aliphatic heterocycles. The lowest BCUT2D eigenvalue weighted by atomic mass is 9.91. The second-order valence-electron chi connectivity index (χ2n) is 4.92. The van der Waals surface area contributed by atoms with E-state index in [9.17, 15) is 22.4 Å². The summed E-state index contributed by atoms with van der Waals surface area (Å²) in [4.78, 5) is 17.6. The molecule has 1 aromatic rings. The Labute approximate surface area is 135 Å². The molecular formula is C12H10BrF4N3O3. The van der Waals surface area contributed by atoms with Gasteiger partial charge in [-0.15, -0.1) is 0 Å². The Morgan fingerprint density at radius 2 is 2.17 bits per heavy atom. The first-order valence-electron chi connectivity index (χ1n) is 6.17. The van der Waals surface area contributed by atoms with Crippen LogP contribution >= 0.6 is 15.9 Å². The van der Waals surface area contributed by atoms with E-state index >= 15 is 0 Å². The van der Waals surface area contributed by atoms with Gasteiger partial charge in [0.25, 0.3) is 6.02 Å². The van der Waals surface area contributed by atoms with Gasteiger partial charge in [0.15, 0.2) is 11.6 Å². The van der Waals surface area contributed by atoms with Crippen molar-refractivity contribution in [1.82, 2.24) is 10.3 Å². The summed E-state index contributed by atoms with van der Waals surface area (Å²) in [5, 5.41) is 10.3. The number of hydrogen-bond acceptors (Lipinski definition) is 4. The number of pyridine rings is 1. The minimum absolute atomic E-state index is 0.192. The van der Waals surface area contributed by atoms with Gasteiger partial charge in [0, 0.05) is 6.42 Å². The zero-order valence-electron chi connectivity index (χ0n) is 11.5. The quantitative estimate of drug-likeness (QED) is 0.561. The predicted octanol–water partition coefficient (Wildman–Crippen LogP) is 3.17. The highest BCUT2D eigenvalue weighted by Gasteiger charge is 2.50. The van der Waals surface area contributed by atoms with Crippen molar-refractivity contribution < 1.29 is 32.2 Å². The number of nitrogens with zero attached hydrogens (tertiary/aromatic N) is 2. The zero-order chi connectivity index (χ0) is 17.4. The first-order chi connectivity index (χ1) is 10.5. The summed E-state index contributed by atoms with van der Waals surface area (Å²) < 4.78 is 58.4. The maximum atomic E-state index is 14.0. The second-order valence-corrected chi connectivity index (χ2v) is 5.74. The van der Waals surface area contributed by atoms with Crippen LogP contribution in [-0.2, 0) is 10.3 Å². The van der Waals surface area contributed by atoms with Crippen LogP contribution in [0.5, 0.6) is 0 Å². The van der Waals surface area contributed by atoms with Crippen molar-refractivity contribution in [2.24, 2.45) is 4.99 Å². The number of amidine groups is 1. The molecule has 1 aromatic heterocycles. The van der Waals surface area contributed by atoms with Crippen molar-refractivity contribution in [2.45, 2.75) is 31.2 Å². The van der Waals surface area contributed by atoms with Crippen molar-refractivity contribution in [3.63, 3.8) is 0 Å². The van der Waals surface area contributed by atoms with E-state index < -0.39 is 42.2 Å². The fourth-order valence-corrected chi connectivity index (χ4v) is 2.42. The van der Waals surface area contributed by atoms with E-state index in [0.29, 0.717) is 0 Å². The van der Waals surface area contributed by atoms with Gasteiger partial charge in [-0.05, 0) is 35.0 Å². The van der Waals surface area contributed by atoms with E-state index in [1.54, 1.807) is 5.32 Å². The zero-order valence-corrected chi connectivity index (χ0v) is 13.1. The Bertz CT molecular complexity index is 667. The van der Waals surface area contributed by atoms with Gasteiger partial charge in [0.05, 0.1) is 0 Å². The van der Waals surface area contributed by atoms with E-state index in [1.165, 1.54) is 13.0 Å². The van der Waals surface area contributed by atoms with Crippen LogP contribution in [0.15, 0.2) is 21.7 Å². The van der Waals surface area contributed by atoms with E-state index in [2.05, 4.69) is 25.9 Å². The molecule has 1 aliphatic rings. The summed E-state index contributed by atoms with van der Waals surface area (Å²) in [5.74, 6) is -0.881. The molecule has 0 spiro atoms. The van der Waals surface area contributed by atoms with Crippen molar-refractivity contribution in [1.29, 1.82) is 0 Å². The maximum absolute atomic E-state index is 14.0. The molecule has 2 rings (SSSR count). The molecule has 0 fully saturated rings. The van der Waals surface area contributed by atoms with Gasteiger partial charge >= 0.3 is 12.3 Å². The summed E-state index contributed by atoms with van der Waals surface area (Å²) in [5.41, 5.74) is -2.24. The maximum Gasteiger partial charge on any atom is 0.412 e. The number of alkyl halides is 3. The van der Waals surface area contributed by atoms with Gasteiger partial charge in [-0.25, -0.2) is 24.5 Å². The van der Waals surface area contributed by atoms with Crippen LogP contribution < -0.4 is 5.32 Å². The summed E-state index contributed by atoms with van der Waals surface area (Å²) in [6.07, 6.45) is -7.16. The number of rotatable bonds is 1. The van der Waals surface area contributed by atoms with Crippen LogP contribution in [0.4, 0.5) is 22.4 Å². The highest BCUT2D eigenvalue weighted by molar-refractivity contribution is 9.10. The molecule has 1 amide bonds. The monoisotopic (exact) mass is 399 g/mol. The highest BCUT2D eigenvalue weighted by Crippen LogP contribution is 2.40. The Morgan fingerprint density at radius 3 is 2.74 bits per heavy atom. The molecule has 0 unspecified atom stereocenters. The third-order valence-corrected chi connectivity index (χ3v) is 3.52. The van der Waals surface area contributed by atoms with Crippen LogP contribution in [0.2, 0.25) is 0 Å². The average molecular weight is 400 g/mol.